The zero-order valence-corrected chi connectivity index (χ0v) is 14.8. The molecule has 0 spiro atoms. The molecule has 1 unspecified atom stereocenters. The Labute approximate surface area is 144 Å². The van der Waals surface area contributed by atoms with E-state index in [1.54, 1.807) is 19.0 Å². The third-order valence-corrected chi connectivity index (χ3v) is 4.72. The van der Waals surface area contributed by atoms with Gasteiger partial charge < -0.3 is 16.0 Å². The molecule has 0 aromatic heterocycles. The van der Waals surface area contributed by atoms with Crippen molar-refractivity contribution in [2.45, 2.75) is 51.0 Å². The van der Waals surface area contributed by atoms with Crippen LogP contribution >= 0.6 is 0 Å². The zero-order valence-electron chi connectivity index (χ0n) is 14.8. The van der Waals surface area contributed by atoms with Crippen molar-refractivity contribution in [1.29, 1.82) is 0 Å². The predicted molar refractivity (Wildman–Crippen MR) is 96.6 cm³/mol. The van der Waals surface area contributed by atoms with Crippen molar-refractivity contribution in [3.8, 4) is 0 Å². The van der Waals surface area contributed by atoms with Crippen LogP contribution in [0.5, 0.6) is 0 Å². The van der Waals surface area contributed by atoms with Gasteiger partial charge in [0.25, 0.3) is 0 Å². The third-order valence-electron chi connectivity index (χ3n) is 4.72. The molecule has 1 aromatic rings. The van der Waals surface area contributed by atoms with Crippen LogP contribution in [0.25, 0.3) is 0 Å². The molecule has 0 heterocycles. The average molecular weight is 331 g/mol. The maximum Gasteiger partial charge on any atom is 0.241 e. The van der Waals surface area contributed by atoms with Crippen molar-refractivity contribution in [2.75, 3.05) is 19.4 Å². The van der Waals surface area contributed by atoms with Gasteiger partial charge in [0, 0.05) is 19.8 Å². The normalized spacial score (nSPS) is 16.5. The molecule has 0 aliphatic heterocycles. The lowest BCUT2D eigenvalue weighted by atomic mass is 9.85. The molecule has 0 radical (unpaired) electrons. The van der Waals surface area contributed by atoms with Gasteiger partial charge in [0.1, 0.15) is 0 Å². The fourth-order valence-corrected chi connectivity index (χ4v) is 3.16. The lowest BCUT2D eigenvalue weighted by Crippen LogP contribution is -2.37. The van der Waals surface area contributed by atoms with Gasteiger partial charge >= 0.3 is 0 Å². The summed E-state index contributed by atoms with van der Waals surface area (Å²) in [5.74, 6) is 0.512. The quantitative estimate of drug-likeness (QED) is 0.841. The highest BCUT2D eigenvalue weighted by atomic mass is 16.2. The van der Waals surface area contributed by atoms with Crippen molar-refractivity contribution in [3.05, 3.63) is 29.8 Å². The second kappa shape index (κ2) is 8.83. The first-order valence-electron chi connectivity index (χ1n) is 8.81. The molecule has 1 fully saturated rings. The van der Waals surface area contributed by atoms with Crippen LogP contribution in [0.4, 0.5) is 5.69 Å². The maximum atomic E-state index is 12.2. The molecule has 1 aliphatic rings. The largest absolute Gasteiger partial charge is 0.349 e. The number of carbonyl (C=O) groups is 2. The van der Waals surface area contributed by atoms with Gasteiger partial charge in [0.2, 0.25) is 11.8 Å². The summed E-state index contributed by atoms with van der Waals surface area (Å²) >= 11 is 0. The first-order valence-corrected chi connectivity index (χ1v) is 8.81. The fourth-order valence-electron chi connectivity index (χ4n) is 3.16. The Morgan fingerprint density at radius 2 is 1.79 bits per heavy atom. The summed E-state index contributed by atoms with van der Waals surface area (Å²) in [6.07, 6.45) is 7.33. The van der Waals surface area contributed by atoms with E-state index in [9.17, 15) is 9.59 Å². The van der Waals surface area contributed by atoms with Gasteiger partial charge in [0.15, 0.2) is 0 Å². The molecule has 2 amide bonds. The number of likely N-dealkylation sites (N-methyl/N-ethyl adjacent to an activating group) is 1. The molecule has 0 bridgehead atoms. The van der Waals surface area contributed by atoms with Crippen LogP contribution in [-0.4, -0.2) is 36.9 Å². The second-order valence-electron chi connectivity index (χ2n) is 7.00. The highest BCUT2D eigenvalue weighted by Crippen LogP contribution is 2.27. The number of amides is 2. The zero-order chi connectivity index (χ0) is 17.5. The number of benzene rings is 1. The fraction of sp³-hybridized carbons (Fsp3) is 0.579. The lowest BCUT2D eigenvalue weighted by Gasteiger charge is -2.24. The first-order chi connectivity index (χ1) is 11.5. The monoisotopic (exact) mass is 331 g/mol. The molecule has 5 heteroatoms. The Morgan fingerprint density at radius 1 is 1.17 bits per heavy atom. The van der Waals surface area contributed by atoms with Crippen LogP contribution in [0, 0.1) is 5.92 Å². The number of nitrogens with zero attached hydrogens (tertiary/aromatic N) is 1. The Kier molecular flexibility index (Phi) is 6.79. The summed E-state index contributed by atoms with van der Waals surface area (Å²) in [6, 6.07) is 6.92. The number of nitrogens with one attached hydrogen (secondary N) is 1. The SMILES string of the molecule is CN(C)C(=O)Cc1ccc(NC(=O)C(N)CC2CCCCC2)cc1. The molecule has 132 valence electrons. The molecular weight excluding hydrogens is 302 g/mol. The van der Waals surface area contributed by atoms with E-state index in [4.69, 9.17) is 5.73 Å². The molecule has 1 aliphatic carbocycles. The standard InChI is InChI=1S/C19H29N3O2/c1-22(2)18(23)13-15-8-10-16(11-9-15)21-19(24)17(20)12-14-6-4-3-5-7-14/h8-11,14,17H,3-7,12-13,20H2,1-2H3,(H,21,24). The Bertz CT molecular complexity index is 548. The van der Waals surface area contributed by atoms with Crippen molar-refractivity contribution >= 4 is 17.5 Å². The molecule has 2 rings (SSSR count). The molecule has 1 saturated carbocycles. The van der Waals surface area contributed by atoms with Crippen molar-refractivity contribution in [3.63, 3.8) is 0 Å². The van der Waals surface area contributed by atoms with Crippen LogP contribution in [0.1, 0.15) is 44.1 Å². The minimum absolute atomic E-state index is 0.0567. The number of anilines is 1. The van der Waals surface area contributed by atoms with Crippen LogP contribution in [0.15, 0.2) is 24.3 Å². The summed E-state index contributed by atoms with van der Waals surface area (Å²) < 4.78 is 0. The van der Waals surface area contributed by atoms with Crippen molar-refractivity contribution < 1.29 is 9.59 Å². The van der Waals surface area contributed by atoms with Crippen molar-refractivity contribution in [2.24, 2.45) is 11.7 Å². The summed E-state index contributed by atoms with van der Waals surface area (Å²) in [7, 11) is 3.48. The van der Waals surface area contributed by atoms with Gasteiger partial charge in [0.05, 0.1) is 12.5 Å². The van der Waals surface area contributed by atoms with Crippen molar-refractivity contribution in [1.82, 2.24) is 4.90 Å². The van der Waals surface area contributed by atoms with Crippen LogP contribution in [0.3, 0.4) is 0 Å². The van der Waals surface area contributed by atoms with E-state index in [1.807, 2.05) is 24.3 Å². The van der Waals surface area contributed by atoms with Crippen LogP contribution in [0.2, 0.25) is 0 Å². The predicted octanol–water partition coefficient (Wildman–Crippen LogP) is 2.55. The molecule has 1 atom stereocenters. The van der Waals surface area contributed by atoms with Gasteiger partial charge in [-0.05, 0) is 30.0 Å². The van der Waals surface area contributed by atoms with E-state index in [-0.39, 0.29) is 11.8 Å². The Morgan fingerprint density at radius 3 is 2.38 bits per heavy atom. The van der Waals surface area contributed by atoms with Gasteiger partial charge in [-0.1, -0.05) is 44.2 Å². The molecule has 1 aromatic carbocycles. The molecule has 0 saturated heterocycles. The Hall–Kier alpha value is -1.88. The summed E-state index contributed by atoms with van der Waals surface area (Å²) in [6.45, 7) is 0. The van der Waals surface area contributed by atoms with E-state index in [0.29, 0.717) is 12.3 Å². The molecular formula is C19H29N3O2. The number of hydrogen-bond donors (Lipinski definition) is 2. The minimum atomic E-state index is -0.455. The smallest absolute Gasteiger partial charge is 0.241 e. The third kappa shape index (κ3) is 5.64. The van der Waals surface area contributed by atoms with Gasteiger partial charge in [-0.15, -0.1) is 0 Å². The van der Waals surface area contributed by atoms with E-state index >= 15 is 0 Å². The average Bonchev–Trinajstić information content (AvgIpc) is 2.57. The Balaban J connectivity index is 1.83. The van der Waals surface area contributed by atoms with Crippen LogP contribution in [-0.2, 0) is 16.0 Å². The summed E-state index contributed by atoms with van der Waals surface area (Å²) in [5.41, 5.74) is 7.71. The second-order valence-corrected chi connectivity index (χ2v) is 7.00. The van der Waals surface area contributed by atoms with Gasteiger partial charge in [-0.3, -0.25) is 9.59 Å². The van der Waals surface area contributed by atoms with Crippen LogP contribution < -0.4 is 11.1 Å². The van der Waals surface area contributed by atoms with E-state index in [2.05, 4.69) is 5.32 Å². The summed E-state index contributed by atoms with van der Waals surface area (Å²) in [4.78, 5) is 25.5. The molecule has 24 heavy (non-hydrogen) atoms. The molecule has 5 nitrogen and oxygen atoms in total. The highest BCUT2D eigenvalue weighted by Gasteiger charge is 2.21. The van der Waals surface area contributed by atoms with E-state index in [1.165, 1.54) is 32.1 Å². The molecule has 3 N–H and O–H groups in total. The maximum absolute atomic E-state index is 12.2. The number of hydrogen-bond acceptors (Lipinski definition) is 3. The van der Waals surface area contributed by atoms with Gasteiger partial charge in [-0.25, -0.2) is 0 Å². The topological polar surface area (TPSA) is 75.4 Å². The minimum Gasteiger partial charge on any atom is -0.349 e. The number of nitrogens with two attached hydrogens (primary N) is 1. The summed E-state index contributed by atoms with van der Waals surface area (Å²) in [5, 5.41) is 2.88. The van der Waals surface area contributed by atoms with Gasteiger partial charge in [-0.2, -0.15) is 0 Å². The van der Waals surface area contributed by atoms with E-state index < -0.39 is 6.04 Å². The first kappa shape index (κ1) is 18.5. The lowest BCUT2D eigenvalue weighted by molar-refractivity contribution is -0.128. The number of carbonyl (C=O) groups excluding carboxylic acids is 2. The number of rotatable bonds is 6. The van der Waals surface area contributed by atoms with E-state index in [0.717, 1.165) is 17.7 Å². The highest BCUT2D eigenvalue weighted by molar-refractivity contribution is 5.94.